The van der Waals surface area contributed by atoms with E-state index in [1.54, 1.807) is 12.1 Å². The van der Waals surface area contributed by atoms with E-state index in [0.29, 0.717) is 16.1 Å². The molecule has 1 heterocycles. The van der Waals surface area contributed by atoms with Crippen molar-refractivity contribution >= 4 is 34.4 Å². The van der Waals surface area contributed by atoms with Crippen LogP contribution in [0.5, 0.6) is 0 Å². The van der Waals surface area contributed by atoms with Crippen LogP contribution >= 0.6 is 11.6 Å². The van der Waals surface area contributed by atoms with Gasteiger partial charge in [-0.3, -0.25) is 9.59 Å². The fraction of sp³-hybridized carbons (Fsp3) is 0.176. The van der Waals surface area contributed by atoms with Crippen LogP contribution in [0.3, 0.4) is 0 Å². The largest absolute Gasteiger partial charge is 0.481 e. The standard InChI is InChI=1S/C34H28ClF3N2O3/c35-29-13-1-22(2-14-29)3-15-30(24-4-6-25(7-5-24)33(43)39-19-17-32(41)42)40-20-18-27-21-26(10-16-31(27)40)23-8-11-28(12-9-23)34(36,37)38/h1-2,4-14,16,18,20-21,30H,3,15,17,19H2,(H,39,43)(H,41,42). The lowest BCUT2D eigenvalue weighted by atomic mass is 9.97. The highest BCUT2D eigenvalue weighted by Gasteiger charge is 2.30. The fourth-order valence-electron chi connectivity index (χ4n) is 5.13. The first-order valence-electron chi connectivity index (χ1n) is 13.7. The summed E-state index contributed by atoms with van der Waals surface area (Å²) in [6.07, 6.45) is -1.03. The zero-order chi connectivity index (χ0) is 30.6. The van der Waals surface area contributed by atoms with Crippen LogP contribution in [0.25, 0.3) is 22.0 Å². The van der Waals surface area contributed by atoms with Crippen molar-refractivity contribution in [2.24, 2.45) is 0 Å². The fourth-order valence-corrected chi connectivity index (χ4v) is 5.26. The number of nitrogens with zero attached hydrogens (tertiary/aromatic N) is 1. The van der Waals surface area contributed by atoms with Crippen molar-refractivity contribution in [3.8, 4) is 11.1 Å². The molecule has 5 rings (SSSR count). The van der Waals surface area contributed by atoms with Gasteiger partial charge in [0.25, 0.3) is 5.91 Å². The van der Waals surface area contributed by atoms with Crippen LogP contribution in [0.15, 0.2) is 103 Å². The minimum Gasteiger partial charge on any atom is -0.481 e. The van der Waals surface area contributed by atoms with Crippen molar-refractivity contribution in [2.45, 2.75) is 31.5 Å². The number of alkyl halides is 3. The highest BCUT2D eigenvalue weighted by molar-refractivity contribution is 6.30. The number of halogens is 4. The van der Waals surface area contributed by atoms with Crippen LogP contribution in [0.1, 0.15) is 45.9 Å². The van der Waals surface area contributed by atoms with E-state index in [0.717, 1.165) is 52.6 Å². The molecule has 0 fully saturated rings. The quantitative estimate of drug-likeness (QED) is 0.168. The summed E-state index contributed by atoms with van der Waals surface area (Å²) in [6.45, 7) is 0.0451. The Balaban J connectivity index is 1.43. The third-order valence-corrected chi connectivity index (χ3v) is 7.66. The predicted octanol–water partition coefficient (Wildman–Crippen LogP) is 8.41. The van der Waals surface area contributed by atoms with Gasteiger partial charge in [0.15, 0.2) is 0 Å². The molecule has 0 bridgehead atoms. The third-order valence-electron chi connectivity index (χ3n) is 7.40. The zero-order valence-corrected chi connectivity index (χ0v) is 23.7. The number of carbonyl (C=O) groups excluding carboxylic acids is 1. The maximum absolute atomic E-state index is 13.0. The molecule has 0 radical (unpaired) electrons. The molecule has 2 N–H and O–H groups in total. The number of aliphatic carboxylic acids is 1. The molecule has 0 saturated heterocycles. The smallest absolute Gasteiger partial charge is 0.416 e. The van der Waals surface area contributed by atoms with Gasteiger partial charge in [0.2, 0.25) is 0 Å². The van der Waals surface area contributed by atoms with Crippen LogP contribution in [0, 0.1) is 0 Å². The molecule has 0 aliphatic heterocycles. The molecule has 0 aliphatic rings. The first-order valence-corrected chi connectivity index (χ1v) is 14.1. The minimum absolute atomic E-state index is 0.0451. The van der Waals surface area contributed by atoms with Crippen LogP contribution in [-0.2, 0) is 17.4 Å². The Bertz CT molecular complexity index is 1730. The number of carbonyl (C=O) groups is 2. The van der Waals surface area contributed by atoms with Gasteiger partial charge < -0.3 is 15.0 Å². The van der Waals surface area contributed by atoms with Gasteiger partial charge >= 0.3 is 12.1 Å². The van der Waals surface area contributed by atoms with E-state index in [-0.39, 0.29) is 24.9 Å². The van der Waals surface area contributed by atoms with E-state index in [1.165, 1.54) is 12.1 Å². The summed E-state index contributed by atoms with van der Waals surface area (Å²) in [4.78, 5) is 23.3. The Hall–Kier alpha value is -4.56. The average molecular weight is 605 g/mol. The van der Waals surface area contributed by atoms with E-state index in [1.807, 2.05) is 66.9 Å². The summed E-state index contributed by atoms with van der Waals surface area (Å²) in [6, 6.07) is 27.9. The van der Waals surface area contributed by atoms with E-state index in [2.05, 4.69) is 9.88 Å². The molecular weight excluding hydrogens is 577 g/mol. The van der Waals surface area contributed by atoms with E-state index in [4.69, 9.17) is 16.7 Å². The topological polar surface area (TPSA) is 71.3 Å². The number of aromatic nitrogens is 1. The second kappa shape index (κ2) is 12.8. The molecule has 0 aliphatic carbocycles. The molecule has 5 aromatic rings. The van der Waals surface area contributed by atoms with Gasteiger partial charge in [0.1, 0.15) is 0 Å². The Morgan fingerprint density at radius 2 is 1.53 bits per heavy atom. The Morgan fingerprint density at radius 3 is 2.19 bits per heavy atom. The number of hydrogen-bond acceptors (Lipinski definition) is 2. The second-order valence-electron chi connectivity index (χ2n) is 10.3. The van der Waals surface area contributed by atoms with Crippen LogP contribution < -0.4 is 5.32 Å². The number of nitrogens with one attached hydrogen (secondary N) is 1. The van der Waals surface area contributed by atoms with Crippen molar-refractivity contribution in [2.75, 3.05) is 6.54 Å². The molecule has 1 aromatic heterocycles. The summed E-state index contributed by atoms with van der Waals surface area (Å²) in [7, 11) is 0. The monoisotopic (exact) mass is 604 g/mol. The number of carboxylic acids is 1. The van der Waals surface area contributed by atoms with Crippen molar-refractivity contribution in [3.63, 3.8) is 0 Å². The third kappa shape index (κ3) is 7.27. The second-order valence-corrected chi connectivity index (χ2v) is 10.7. The molecule has 5 nitrogen and oxygen atoms in total. The van der Waals surface area contributed by atoms with Crippen molar-refractivity contribution in [3.05, 3.63) is 131 Å². The lowest BCUT2D eigenvalue weighted by molar-refractivity contribution is -0.138. The molecule has 1 atom stereocenters. The lowest BCUT2D eigenvalue weighted by Gasteiger charge is -2.22. The number of benzene rings is 4. The van der Waals surface area contributed by atoms with Gasteiger partial charge in [0, 0.05) is 34.2 Å². The normalized spacial score (nSPS) is 12.3. The number of aryl methyl sites for hydroxylation is 1. The highest BCUT2D eigenvalue weighted by atomic mass is 35.5. The van der Waals surface area contributed by atoms with Crippen molar-refractivity contribution < 1.29 is 27.9 Å². The van der Waals surface area contributed by atoms with Crippen LogP contribution in [0.2, 0.25) is 5.02 Å². The maximum Gasteiger partial charge on any atom is 0.416 e. The molecule has 0 spiro atoms. The summed E-state index contributed by atoms with van der Waals surface area (Å²) in [5.41, 5.74) is 4.34. The van der Waals surface area contributed by atoms with Gasteiger partial charge in [0.05, 0.1) is 18.0 Å². The van der Waals surface area contributed by atoms with Gasteiger partial charge in [-0.25, -0.2) is 0 Å². The Kier molecular flexibility index (Phi) is 8.87. The van der Waals surface area contributed by atoms with Gasteiger partial charge in [-0.15, -0.1) is 0 Å². The predicted molar refractivity (Wildman–Crippen MR) is 161 cm³/mol. The number of hydrogen-bond donors (Lipinski definition) is 2. The van der Waals surface area contributed by atoms with Crippen LogP contribution in [-0.4, -0.2) is 28.1 Å². The molecular formula is C34H28ClF3N2O3. The van der Waals surface area contributed by atoms with Crippen molar-refractivity contribution in [1.29, 1.82) is 0 Å². The first kappa shape index (κ1) is 29.9. The van der Waals surface area contributed by atoms with E-state index < -0.39 is 17.7 Å². The first-order chi connectivity index (χ1) is 20.6. The minimum atomic E-state index is -4.39. The maximum atomic E-state index is 13.0. The van der Waals surface area contributed by atoms with Crippen LogP contribution in [0.4, 0.5) is 13.2 Å². The molecule has 220 valence electrons. The number of rotatable bonds is 10. The van der Waals surface area contributed by atoms with Gasteiger partial charge in [-0.05, 0) is 89.7 Å². The molecule has 0 saturated carbocycles. The van der Waals surface area contributed by atoms with Crippen molar-refractivity contribution in [1.82, 2.24) is 9.88 Å². The Labute approximate surface area is 251 Å². The summed E-state index contributed by atoms with van der Waals surface area (Å²) in [5, 5.41) is 13.1. The number of amides is 1. The lowest BCUT2D eigenvalue weighted by Crippen LogP contribution is -2.26. The summed E-state index contributed by atoms with van der Waals surface area (Å²) < 4.78 is 41.3. The highest BCUT2D eigenvalue weighted by Crippen LogP contribution is 2.34. The van der Waals surface area contributed by atoms with Gasteiger partial charge in [-0.2, -0.15) is 13.2 Å². The average Bonchev–Trinajstić information content (AvgIpc) is 3.41. The molecule has 4 aromatic carbocycles. The van der Waals surface area contributed by atoms with Gasteiger partial charge in [-0.1, -0.05) is 54.1 Å². The Morgan fingerprint density at radius 1 is 0.860 bits per heavy atom. The van der Waals surface area contributed by atoms with E-state index in [9.17, 15) is 22.8 Å². The van der Waals surface area contributed by atoms with E-state index >= 15 is 0 Å². The zero-order valence-electron chi connectivity index (χ0n) is 22.9. The summed E-state index contributed by atoms with van der Waals surface area (Å²) >= 11 is 6.07. The summed E-state index contributed by atoms with van der Waals surface area (Å²) in [5.74, 6) is -1.32. The molecule has 1 unspecified atom stereocenters. The SMILES string of the molecule is O=C(O)CCNC(=O)c1ccc(C(CCc2ccc(Cl)cc2)n2ccc3cc(-c4ccc(C(F)(F)F)cc4)ccc32)cc1. The number of carboxylic acid groups (broad SMARTS) is 1. The molecule has 43 heavy (non-hydrogen) atoms. The number of fused-ring (bicyclic) bond motifs is 1. The molecule has 1 amide bonds. The molecule has 9 heteroatoms.